The summed E-state index contributed by atoms with van der Waals surface area (Å²) >= 11 is 0. The quantitative estimate of drug-likeness (QED) is 0.519. The molecule has 8 heteroatoms. The zero-order chi connectivity index (χ0) is 22.4. The Balaban J connectivity index is 1.66. The molecule has 2 N–H and O–H groups in total. The molecule has 3 rings (SSSR count). The Morgan fingerprint density at radius 1 is 1.00 bits per heavy atom. The van der Waals surface area contributed by atoms with Gasteiger partial charge in [0.25, 0.3) is 11.8 Å². The average molecular weight is 431 g/mol. The Hall–Kier alpha value is -2.29. The molecule has 0 radical (unpaired) electrons. The molecule has 1 fully saturated rings. The van der Waals surface area contributed by atoms with Crippen molar-refractivity contribution >= 4 is 17.8 Å². The minimum Gasteiger partial charge on any atom is -0.459 e. The van der Waals surface area contributed by atoms with E-state index >= 15 is 0 Å². The van der Waals surface area contributed by atoms with Crippen molar-refractivity contribution in [1.82, 2.24) is 20.4 Å². The summed E-state index contributed by atoms with van der Waals surface area (Å²) in [5, 5.41) is 6.74. The lowest BCUT2D eigenvalue weighted by atomic mass is 10.1. The number of ether oxygens (including phenoxy) is 1. The average Bonchev–Trinajstić information content (AvgIpc) is 3.03. The highest BCUT2D eigenvalue weighted by Gasteiger charge is 2.36. The molecule has 170 valence electrons. The molecule has 2 aliphatic heterocycles. The van der Waals surface area contributed by atoms with Crippen LogP contribution < -0.4 is 10.6 Å². The molecule has 0 saturated carbocycles. The van der Waals surface area contributed by atoms with Crippen LogP contribution in [0.15, 0.2) is 24.3 Å². The molecule has 31 heavy (non-hydrogen) atoms. The molecule has 1 aromatic carbocycles. The molecular weight excluding hydrogens is 396 g/mol. The van der Waals surface area contributed by atoms with Crippen molar-refractivity contribution < 1.29 is 19.1 Å². The van der Waals surface area contributed by atoms with Crippen molar-refractivity contribution in [3.05, 3.63) is 35.4 Å². The highest BCUT2D eigenvalue weighted by Crippen LogP contribution is 2.23. The van der Waals surface area contributed by atoms with E-state index in [-0.39, 0.29) is 24.3 Å². The first-order chi connectivity index (χ1) is 14.8. The van der Waals surface area contributed by atoms with Gasteiger partial charge in [-0.1, -0.05) is 12.1 Å². The summed E-state index contributed by atoms with van der Waals surface area (Å²) in [5.74, 6) is -0.773. The smallest absolute Gasteiger partial charge is 0.323 e. The maximum Gasteiger partial charge on any atom is 0.323 e. The molecule has 0 aliphatic carbocycles. The van der Waals surface area contributed by atoms with Crippen LogP contribution in [0.2, 0.25) is 0 Å². The predicted octanol–water partition coefficient (Wildman–Crippen LogP) is 1.27. The number of rotatable bonds is 6. The Morgan fingerprint density at radius 3 is 2.06 bits per heavy atom. The van der Waals surface area contributed by atoms with Crippen molar-refractivity contribution in [3.63, 3.8) is 0 Å². The van der Waals surface area contributed by atoms with Crippen LogP contribution in [0.4, 0.5) is 0 Å². The van der Waals surface area contributed by atoms with Crippen LogP contribution in [0.1, 0.15) is 54.3 Å². The second-order valence-corrected chi connectivity index (χ2v) is 9.03. The number of nitrogens with one attached hydrogen (secondary N) is 2. The number of nitrogens with zero attached hydrogens (tertiary/aromatic N) is 2. The third-order valence-electron chi connectivity index (χ3n) is 5.49. The summed E-state index contributed by atoms with van der Waals surface area (Å²) in [5.41, 5.74) is 0.329. The maximum absolute atomic E-state index is 13.0. The number of esters is 1. The third-order valence-corrected chi connectivity index (χ3v) is 5.49. The van der Waals surface area contributed by atoms with Crippen molar-refractivity contribution in [2.24, 2.45) is 0 Å². The summed E-state index contributed by atoms with van der Waals surface area (Å²) in [7, 11) is 0. The Kier molecular flexibility index (Phi) is 7.80. The number of amides is 2. The molecule has 1 atom stereocenters. The van der Waals surface area contributed by atoms with E-state index in [1.165, 1.54) is 4.90 Å². The molecule has 2 amide bonds. The van der Waals surface area contributed by atoms with Crippen LogP contribution in [0.25, 0.3) is 0 Å². The maximum atomic E-state index is 13.0. The lowest BCUT2D eigenvalue weighted by Crippen LogP contribution is -2.48. The van der Waals surface area contributed by atoms with Crippen molar-refractivity contribution in [1.29, 1.82) is 0 Å². The highest BCUT2D eigenvalue weighted by molar-refractivity contribution is 6.21. The summed E-state index contributed by atoms with van der Waals surface area (Å²) in [4.78, 5) is 41.7. The van der Waals surface area contributed by atoms with Crippen LogP contribution in [0.3, 0.4) is 0 Å². The van der Waals surface area contributed by atoms with E-state index in [1.807, 2.05) is 20.8 Å². The monoisotopic (exact) mass is 430 g/mol. The van der Waals surface area contributed by atoms with Crippen molar-refractivity contribution in [3.8, 4) is 0 Å². The van der Waals surface area contributed by atoms with E-state index in [1.54, 1.807) is 24.3 Å². The lowest BCUT2D eigenvalue weighted by Gasteiger charge is -2.32. The fourth-order valence-corrected chi connectivity index (χ4v) is 4.00. The van der Waals surface area contributed by atoms with Crippen LogP contribution >= 0.6 is 0 Å². The topological polar surface area (TPSA) is 91.0 Å². The lowest BCUT2D eigenvalue weighted by molar-refractivity contribution is -0.161. The zero-order valence-electron chi connectivity index (χ0n) is 18.8. The Bertz CT molecular complexity index is 760. The van der Waals surface area contributed by atoms with Gasteiger partial charge in [-0.05, 0) is 45.7 Å². The standard InChI is InChI=1S/C23H34N4O4/c1-23(2,3)31-22(30)19(26-15-12-24-10-11-25-13-16-26)9-6-14-27-20(28)17-7-4-5-8-18(17)21(27)29/h4-5,7-8,19,24-25H,6,9-16H2,1-3H3. The number of carbonyl (C=O) groups excluding carboxylic acids is 3. The van der Waals surface area contributed by atoms with Gasteiger partial charge in [-0.3, -0.25) is 24.2 Å². The summed E-state index contributed by atoms with van der Waals surface area (Å²) in [6.45, 7) is 10.7. The van der Waals surface area contributed by atoms with Gasteiger partial charge >= 0.3 is 5.97 Å². The first-order valence-electron chi connectivity index (χ1n) is 11.1. The first-order valence-corrected chi connectivity index (χ1v) is 11.1. The molecule has 2 aliphatic rings. The second-order valence-electron chi connectivity index (χ2n) is 9.03. The minimum atomic E-state index is -0.575. The first kappa shape index (κ1) is 23.4. The Morgan fingerprint density at radius 2 is 1.55 bits per heavy atom. The number of benzene rings is 1. The van der Waals surface area contributed by atoms with E-state index in [2.05, 4.69) is 15.5 Å². The van der Waals surface area contributed by atoms with E-state index < -0.39 is 11.6 Å². The van der Waals surface area contributed by atoms with Crippen LogP contribution in [0, 0.1) is 0 Å². The molecule has 0 bridgehead atoms. The minimum absolute atomic E-state index is 0.255. The van der Waals surface area contributed by atoms with Gasteiger partial charge in [-0.25, -0.2) is 0 Å². The third kappa shape index (κ3) is 6.12. The molecule has 1 unspecified atom stereocenters. The number of hydrogen-bond acceptors (Lipinski definition) is 7. The molecule has 8 nitrogen and oxygen atoms in total. The number of hydrogen-bond donors (Lipinski definition) is 2. The van der Waals surface area contributed by atoms with Gasteiger partial charge in [0.05, 0.1) is 11.1 Å². The Labute approximate surface area is 184 Å². The van der Waals surface area contributed by atoms with Gasteiger partial charge < -0.3 is 15.4 Å². The van der Waals surface area contributed by atoms with Gasteiger partial charge in [0.2, 0.25) is 0 Å². The van der Waals surface area contributed by atoms with Crippen molar-refractivity contribution in [2.45, 2.75) is 45.3 Å². The van der Waals surface area contributed by atoms with E-state index in [0.29, 0.717) is 24.0 Å². The number of fused-ring (bicyclic) bond motifs is 1. The van der Waals surface area contributed by atoms with Crippen LogP contribution in [-0.4, -0.2) is 85.0 Å². The largest absolute Gasteiger partial charge is 0.459 e. The van der Waals surface area contributed by atoms with E-state index in [9.17, 15) is 14.4 Å². The summed E-state index contributed by atoms with van der Waals surface area (Å²) in [6, 6.07) is 6.47. The zero-order valence-corrected chi connectivity index (χ0v) is 18.8. The van der Waals surface area contributed by atoms with E-state index in [4.69, 9.17) is 4.74 Å². The molecule has 0 spiro atoms. The predicted molar refractivity (Wildman–Crippen MR) is 118 cm³/mol. The number of imide groups is 1. The van der Waals surface area contributed by atoms with E-state index in [0.717, 1.165) is 39.3 Å². The molecule has 1 saturated heterocycles. The molecule has 2 heterocycles. The fourth-order valence-electron chi connectivity index (χ4n) is 4.00. The van der Waals surface area contributed by atoms with Crippen LogP contribution in [0.5, 0.6) is 0 Å². The van der Waals surface area contributed by atoms with Gasteiger partial charge in [0.1, 0.15) is 11.6 Å². The molecule has 0 aromatic heterocycles. The highest BCUT2D eigenvalue weighted by atomic mass is 16.6. The van der Waals surface area contributed by atoms with Gasteiger partial charge in [-0.15, -0.1) is 0 Å². The summed E-state index contributed by atoms with van der Waals surface area (Å²) < 4.78 is 5.70. The van der Waals surface area contributed by atoms with Crippen LogP contribution in [-0.2, 0) is 9.53 Å². The second kappa shape index (κ2) is 10.3. The van der Waals surface area contributed by atoms with Gasteiger partial charge in [0, 0.05) is 45.8 Å². The summed E-state index contributed by atoms with van der Waals surface area (Å²) in [6.07, 6.45) is 1.05. The molecule has 1 aromatic rings. The fraction of sp³-hybridized carbons (Fsp3) is 0.609. The normalized spacial score (nSPS) is 19.4. The van der Waals surface area contributed by atoms with Crippen molar-refractivity contribution in [2.75, 3.05) is 45.8 Å². The van der Waals surface area contributed by atoms with Gasteiger partial charge in [-0.2, -0.15) is 0 Å². The number of carbonyl (C=O) groups is 3. The molecular formula is C23H34N4O4. The van der Waals surface area contributed by atoms with Gasteiger partial charge in [0.15, 0.2) is 0 Å². The SMILES string of the molecule is CC(C)(C)OC(=O)C(CCCN1C(=O)c2ccccc2C1=O)N1CCNCCNCC1.